The van der Waals surface area contributed by atoms with Crippen LogP contribution in [0.15, 0.2) is 35.9 Å². The molecule has 130 valence electrons. The van der Waals surface area contributed by atoms with Gasteiger partial charge in [-0.15, -0.1) is 0 Å². The monoisotopic (exact) mass is 338 g/mol. The molecule has 0 amide bonds. The van der Waals surface area contributed by atoms with Crippen LogP contribution in [0.1, 0.15) is 62.1 Å². The minimum Gasteiger partial charge on any atom is -0.0839 e. The summed E-state index contributed by atoms with van der Waals surface area (Å²) in [5.41, 5.74) is 7.35. The maximum absolute atomic E-state index is 2.48. The third kappa shape index (κ3) is 3.77. The molecule has 0 bridgehead atoms. The van der Waals surface area contributed by atoms with E-state index in [1.807, 2.05) is 5.57 Å². The van der Waals surface area contributed by atoms with Crippen LogP contribution in [-0.2, 0) is 0 Å². The Morgan fingerprint density at radius 3 is 2.54 bits per heavy atom. The molecule has 2 aliphatic rings. The lowest BCUT2D eigenvalue weighted by Crippen LogP contribution is -2.27. The highest BCUT2D eigenvalue weighted by atomic mass is 28.2. The quantitative estimate of drug-likeness (QED) is 0.488. The average Bonchev–Trinajstić information content (AvgIpc) is 2.89. The summed E-state index contributed by atoms with van der Waals surface area (Å²) in [6, 6.07) is 4.81. The second kappa shape index (κ2) is 7.87. The lowest BCUT2D eigenvalue weighted by Gasteiger charge is -2.23. The Hall–Kier alpha value is -1.08. The predicted octanol–water partition coefficient (Wildman–Crippen LogP) is 5.30. The zero-order valence-electron chi connectivity index (χ0n) is 16.1. The summed E-state index contributed by atoms with van der Waals surface area (Å²) >= 11 is 0. The van der Waals surface area contributed by atoms with Crippen LogP contribution in [-0.4, -0.2) is 9.52 Å². The van der Waals surface area contributed by atoms with E-state index in [2.05, 4.69) is 58.1 Å². The molecule has 0 radical (unpaired) electrons. The van der Waals surface area contributed by atoms with Crippen molar-refractivity contribution < 1.29 is 0 Å². The first-order valence-corrected chi connectivity index (χ1v) is 11.6. The minimum absolute atomic E-state index is 0.214. The molecular formula is C23H34Si. The first-order chi connectivity index (χ1) is 11.6. The van der Waals surface area contributed by atoms with Crippen LogP contribution in [0.5, 0.6) is 0 Å². The van der Waals surface area contributed by atoms with E-state index in [0.29, 0.717) is 0 Å². The number of benzene rings is 1. The van der Waals surface area contributed by atoms with E-state index in [-0.39, 0.29) is 9.52 Å². The van der Waals surface area contributed by atoms with Gasteiger partial charge in [0.2, 0.25) is 0 Å². The van der Waals surface area contributed by atoms with Gasteiger partial charge in [0, 0.05) is 0 Å². The Morgan fingerprint density at radius 1 is 1.08 bits per heavy atom. The highest BCUT2D eigenvalue weighted by Crippen LogP contribution is 2.49. The number of hydrogen-bond acceptors (Lipinski definition) is 0. The topological polar surface area (TPSA) is 0 Å². The average molecular weight is 339 g/mol. The van der Waals surface area contributed by atoms with Crippen molar-refractivity contribution in [3.05, 3.63) is 52.6 Å². The van der Waals surface area contributed by atoms with Crippen LogP contribution >= 0.6 is 0 Å². The molecule has 0 aliphatic heterocycles. The molecule has 0 nitrogen and oxygen atoms in total. The lowest BCUT2D eigenvalue weighted by atomic mass is 9.88. The molecule has 1 heteroatoms. The standard InChI is InChI=1S/C23H34Si/c1-5-6-7-12-21-20-11-9-8-10-19(20)15-22(21)24-23-17(3)13-16(2)14-18(23)4/h8-9,11,13-14,19,21-22H,5-7,10,12,15,24H2,1-4H3. The summed E-state index contributed by atoms with van der Waals surface area (Å²) in [4.78, 5) is 0. The van der Waals surface area contributed by atoms with Gasteiger partial charge < -0.3 is 0 Å². The smallest absolute Gasteiger partial charge is 0.0591 e. The summed E-state index contributed by atoms with van der Waals surface area (Å²) in [5, 5.41) is 1.76. The molecule has 3 atom stereocenters. The van der Waals surface area contributed by atoms with Gasteiger partial charge in [0.15, 0.2) is 0 Å². The highest BCUT2D eigenvalue weighted by Gasteiger charge is 2.38. The first kappa shape index (κ1) is 17.7. The van der Waals surface area contributed by atoms with E-state index in [4.69, 9.17) is 0 Å². The van der Waals surface area contributed by atoms with E-state index < -0.39 is 0 Å². The second-order valence-electron chi connectivity index (χ2n) is 8.21. The van der Waals surface area contributed by atoms with Gasteiger partial charge in [-0.3, -0.25) is 0 Å². The number of allylic oxidation sites excluding steroid dienone is 4. The Kier molecular flexibility index (Phi) is 5.81. The number of aryl methyl sites for hydroxylation is 3. The number of rotatable bonds is 6. The van der Waals surface area contributed by atoms with Crippen molar-refractivity contribution in [1.29, 1.82) is 0 Å². The predicted molar refractivity (Wildman–Crippen MR) is 110 cm³/mol. The highest BCUT2D eigenvalue weighted by molar-refractivity contribution is 6.56. The summed E-state index contributed by atoms with van der Waals surface area (Å²) in [5.74, 6) is 1.75. The molecule has 1 aromatic carbocycles. The van der Waals surface area contributed by atoms with Crippen molar-refractivity contribution in [3.63, 3.8) is 0 Å². The fourth-order valence-electron chi connectivity index (χ4n) is 5.19. The molecule has 1 aromatic rings. The van der Waals surface area contributed by atoms with E-state index >= 15 is 0 Å². The lowest BCUT2D eigenvalue weighted by molar-refractivity contribution is 0.524. The van der Waals surface area contributed by atoms with Crippen molar-refractivity contribution in [3.8, 4) is 0 Å². The number of unbranched alkanes of at least 4 members (excludes halogenated alkanes) is 2. The van der Waals surface area contributed by atoms with Gasteiger partial charge in [0.05, 0.1) is 9.52 Å². The Bertz CT molecular complexity index is 614. The third-order valence-corrected chi connectivity index (χ3v) is 9.28. The molecule has 0 aromatic heterocycles. The van der Waals surface area contributed by atoms with Gasteiger partial charge in [-0.05, 0) is 57.4 Å². The molecule has 0 N–H and O–H groups in total. The molecule has 1 fully saturated rings. The second-order valence-corrected chi connectivity index (χ2v) is 10.4. The summed E-state index contributed by atoms with van der Waals surface area (Å²) < 4.78 is 0. The molecule has 2 aliphatic carbocycles. The Labute approximate surface area is 151 Å². The Morgan fingerprint density at radius 2 is 1.83 bits per heavy atom. The maximum atomic E-state index is 2.48. The largest absolute Gasteiger partial charge is 0.0839 e. The molecule has 3 unspecified atom stereocenters. The zero-order chi connectivity index (χ0) is 17.1. The van der Waals surface area contributed by atoms with Crippen LogP contribution in [0.3, 0.4) is 0 Å². The molecule has 24 heavy (non-hydrogen) atoms. The SMILES string of the molecule is CCCCCC1C2=CC=CCC2CC1[SiH2]c1c(C)cc(C)cc1C. The van der Waals surface area contributed by atoms with Crippen molar-refractivity contribution in [2.24, 2.45) is 11.8 Å². The van der Waals surface area contributed by atoms with Crippen LogP contribution < -0.4 is 5.19 Å². The van der Waals surface area contributed by atoms with Crippen molar-refractivity contribution >= 4 is 14.7 Å². The molecular weight excluding hydrogens is 304 g/mol. The van der Waals surface area contributed by atoms with E-state index in [0.717, 1.165) is 17.4 Å². The van der Waals surface area contributed by atoms with E-state index in [1.54, 1.807) is 16.3 Å². The van der Waals surface area contributed by atoms with Crippen molar-refractivity contribution in [2.45, 2.75) is 71.8 Å². The summed E-state index contributed by atoms with van der Waals surface area (Å²) in [6.07, 6.45) is 15.6. The van der Waals surface area contributed by atoms with Crippen molar-refractivity contribution in [1.82, 2.24) is 0 Å². The van der Waals surface area contributed by atoms with Gasteiger partial charge in [-0.25, -0.2) is 0 Å². The van der Waals surface area contributed by atoms with E-state index in [9.17, 15) is 0 Å². The Balaban J connectivity index is 1.81. The molecule has 0 spiro atoms. The van der Waals surface area contributed by atoms with Crippen molar-refractivity contribution in [2.75, 3.05) is 0 Å². The van der Waals surface area contributed by atoms with Gasteiger partial charge in [0.25, 0.3) is 0 Å². The van der Waals surface area contributed by atoms with Crippen LogP contribution in [0, 0.1) is 32.6 Å². The summed E-state index contributed by atoms with van der Waals surface area (Å²) in [7, 11) is -0.214. The van der Waals surface area contributed by atoms with Crippen LogP contribution in [0.4, 0.5) is 0 Å². The van der Waals surface area contributed by atoms with Gasteiger partial charge in [-0.2, -0.15) is 0 Å². The molecule has 3 rings (SSSR count). The van der Waals surface area contributed by atoms with Crippen LogP contribution in [0.25, 0.3) is 0 Å². The van der Waals surface area contributed by atoms with E-state index in [1.165, 1.54) is 44.1 Å². The first-order valence-electron chi connectivity index (χ1n) is 10.0. The number of fused-ring (bicyclic) bond motifs is 1. The van der Waals surface area contributed by atoms with Gasteiger partial charge in [-0.1, -0.05) is 84.0 Å². The van der Waals surface area contributed by atoms with Crippen LogP contribution in [0.2, 0.25) is 5.54 Å². The fraction of sp³-hybridized carbons (Fsp3) is 0.565. The fourth-order valence-corrected chi connectivity index (χ4v) is 7.92. The molecule has 0 saturated heterocycles. The number of hydrogen-bond donors (Lipinski definition) is 0. The minimum atomic E-state index is -0.214. The maximum Gasteiger partial charge on any atom is 0.0591 e. The normalized spacial score (nSPS) is 26.2. The molecule has 1 saturated carbocycles. The zero-order valence-corrected chi connectivity index (χ0v) is 17.5. The molecule has 0 heterocycles. The third-order valence-electron chi connectivity index (χ3n) is 6.33. The van der Waals surface area contributed by atoms with Gasteiger partial charge >= 0.3 is 0 Å². The summed E-state index contributed by atoms with van der Waals surface area (Å²) in [6.45, 7) is 9.25. The van der Waals surface area contributed by atoms with Gasteiger partial charge in [0.1, 0.15) is 0 Å².